The van der Waals surface area contributed by atoms with Gasteiger partial charge in [-0.1, -0.05) is 0 Å². The molecule has 1 aromatic rings. The van der Waals surface area contributed by atoms with Crippen LogP contribution in [-0.4, -0.2) is 28.8 Å². The number of nitrogen functional groups attached to an aromatic ring is 1. The maximum atomic E-state index is 11.0. The number of fused-ring (bicyclic) bond motifs is 1. The summed E-state index contributed by atoms with van der Waals surface area (Å²) in [5, 5.41) is 17.9. The molecule has 0 saturated carbocycles. The highest BCUT2D eigenvalue weighted by Gasteiger charge is 2.36. The SMILES string of the molecule is Nc1ccc2c(c1)C(C(=O)O)CN2C(=O)O. The molecule has 1 aliphatic heterocycles. The third-order valence-corrected chi connectivity index (χ3v) is 2.61. The van der Waals surface area contributed by atoms with Gasteiger partial charge in [0.05, 0.1) is 5.69 Å². The Morgan fingerprint density at radius 1 is 1.38 bits per heavy atom. The number of hydrogen-bond donors (Lipinski definition) is 3. The van der Waals surface area contributed by atoms with Crippen LogP contribution < -0.4 is 10.6 Å². The van der Waals surface area contributed by atoms with Gasteiger partial charge in [0.2, 0.25) is 0 Å². The summed E-state index contributed by atoms with van der Waals surface area (Å²) in [5.74, 6) is -1.88. The first kappa shape index (κ1) is 10.3. The lowest BCUT2D eigenvalue weighted by atomic mass is 10.0. The predicted molar refractivity (Wildman–Crippen MR) is 56.6 cm³/mol. The number of nitrogens with zero attached hydrogens (tertiary/aromatic N) is 1. The molecule has 0 aliphatic carbocycles. The summed E-state index contributed by atoms with van der Waals surface area (Å²) >= 11 is 0. The molecule has 0 radical (unpaired) electrons. The van der Waals surface area contributed by atoms with Crippen molar-refractivity contribution in [2.45, 2.75) is 5.92 Å². The third kappa shape index (κ3) is 1.44. The molecule has 6 heteroatoms. The van der Waals surface area contributed by atoms with E-state index in [1.54, 1.807) is 6.07 Å². The Hall–Kier alpha value is -2.24. The van der Waals surface area contributed by atoms with Gasteiger partial charge in [0.25, 0.3) is 0 Å². The number of hydrogen-bond acceptors (Lipinski definition) is 3. The fraction of sp³-hybridized carbons (Fsp3) is 0.200. The summed E-state index contributed by atoms with van der Waals surface area (Å²) in [6.45, 7) is -0.0660. The van der Waals surface area contributed by atoms with Crippen LogP contribution in [0.3, 0.4) is 0 Å². The average Bonchev–Trinajstić information content (AvgIpc) is 2.56. The van der Waals surface area contributed by atoms with Crippen LogP contribution in [0.5, 0.6) is 0 Å². The fourth-order valence-corrected chi connectivity index (χ4v) is 1.87. The highest BCUT2D eigenvalue weighted by Crippen LogP contribution is 2.37. The summed E-state index contributed by atoms with van der Waals surface area (Å²) in [4.78, 5) is 22.9. The van der Waals surface area contributed by atoms with Crippen molar-refractivity contribution in [1.29, 1.82) is 0 Å². The van der Waals surface area contributed by atoms with Crippen LogP contribution in [0.25, 0.3) is 0 Å². The van der Waals surface area contributed by atoms with Crippen molar-refractivity contribution >= 4 is 23.4 Å². The lowest BCUT2D eigenvalue weighted by Gasteiger charge is -2.12. The molecule has 84 valence electrons. The number of carbonyl (C=O) groups is 2. The van der Waals surface area contributed by atoms with Crippen molar-refractivity contribution in [1.82, 2.24) is 0 Å². The second-order valence-electron chi connectivity index (χ2n) is 3.60. The number of amides is 1. The Bertz CT molecular complexity index is 472. The number of anilines is 2. The summed E-state index contributed by atoms with van der Waals surface area (Å²) in [7, 11) is 0. The third-order valence-electron chi connectivity index (χ3n) is 2.61. The molecule has 1 unspecified atom stereocenters. The first-order valence-corrected chi connectivity index (χ1v) is 4.63. The molecule has 1 aromatic carbocycles. The van der Waals surface area contributed by atoms with E-state index in [9.17, 15) is 9.59 Å². The zero-order chi connectivity index (χ0) is 11.9. The van der Waals surface area contributed by atoms with Crippen LogP contribution in [0.2, 0.25) is 0 Å². The standard InChI is InChI=1S/C10H10N2O4/c11-5-1-2-8-6(3-5)7(9(13)14)4-12(8)10(15)16/h1-3,7H,4,11H2,(H,13,14)(H,15,16). The molecule has 0 spiro atoms. The molecule has 1 heterocycles. The lowest BCUT2D eigenvalue weighted by molar-refractivity contribution is -0.138. The van der Waals surface area contributed by atoms with E-state index < -0.39 is 18.0 Å². The van der Waals surface area contributed by atoms with Crippen molar-refractivity contribution in [3.8, 4) is 0 Å². The molecule has 4 N–H and O–H groups in total. The molecule has 0 fully saturated rings. The summed E-state index contributed by atoms with van der Waals surface area (Å²) < 4.78 is 0. The summed E-state index contributed by atoms with van der Waals surface area (Å²) in [6, 6.07) is 4.60. The number of carboxylic acids is 1. The maximum absolute atomic E-state index is 11.0. The molecule has 1 aliphatic rings. The highest BCUT2D eigenvalue weighted by atomic mass is 16.4. The zero-order valence-electron chi connectivity index (χ0n) is 8.25. The second kappa shape index (κ2) is 3.41. The minimum Gasteiger partial charge on any atom is -0.481 e. The Balaban J connectivity index is 2.52. The normalized spacial score (nSPS) is 18.2. The van der Waals surface area contributed by atoms with Gasteiger partial charge in [-0.15, -0.1) is 0 Å². The number of rotatable bonds is 1. The monoisotopic (exact) mass is 222 g/mol. The van der Waals surface area contributed by atoms with E-state index in [0.29, 0.717) is 16.9 Å². The van der Waals surface area contributed by atoms with Gasteiger partial charge in [0, 0.05) is 12.2 Å². The predicted octanol–water partition coefficient (Wildman–Crippen LogP) is 0.935. The van der Waals surface area contributed by atoms with Crippen LogP contribution in [-0.2, 0) is 4.79 Å². The molecule has 0 bridgehead atoms. The van der Waals surface area contributed by atoms with Crippen molar-refractivity contribution < 1.29 is 19.8 Å². The summed E-state index contributed by atoms with van der Waals surface area (Å²) in [5.41, 5.74) is 6.83. The van der Waals surface area contributed by atoms with Gasteiger partial charge in [0.1, 0.15) is 5.92 Å². The van der Waals surface area contributed by atoms with E-state index in [1.165, 1.54) is 12.1 Å². The van der Waals surface area contributed by atoms with Crippen LogP contribution in [0.15, 0.2) is 18.2 Å². The lowest BCUT2D eigenvalue weighted by Crippen LogP contribution is -2.29. The van der Waals surface area contributed by atoms with Gasteiger partial charge in [-0.3, -0.25) is 9.69 Å². The van der Waals surface area contributed by atoms with Crippen LogP contribution in [0.1, 0.15) is 11.5 Å². The average molecular weight is 222 g/mol. The zero-order valence-corrected chi connectivity index (χ0v) is 8.25. The molecule has 1 atom stereocenters. The first-order chi connectivity index (χ1) is 7.50. The van der Waals surface area contributed by atoms with Gasteiger partial charge in [-0.05, 0) is 23.8 Å². The molecule has 16 heavy (non-hydrogen) atoms. The van der Waals surface area contributed by atoms with E-state index in [-0.39, 0.29) is 6.54 Å². The smallest absolute Gasteiger partial charge is 0.411 e. The molecular formula is C10H10N2O4. The van der Waals surface area contributed by atoms with E-state index in [0.717, 1.165) is 4.90 Å². The Morgan fingerprint density at radius 3 is 2.62 bits per heavy atom. The Kier molecular flexibility index (Phi) is 2.19. The van der Waals surface area contributed by atoms with E-state index in [1.807, 2.05) is 0 Å². The van der Waals surface area contributed by atoms with E-state index in [2.05, 4.69) is 0 Å². The fourth-order valence-electron chi connectivity index (χ4n) is 1.87. The minimum absolute atomic E-state index is 0.0660. The first-order valence-electron chi connectivity index (χ1n) is 4.63. The topological polar surface area (TPSA) is 104 Å². The number of carboxylic acid groups (broad SMARTS) is 2. The number of aliphatic carboxylic acids is 1. The van der Waals surface area contributed by atoms with Crippen LogP contribution >= 0.6 is 0 Å². The quantitative estimate of drug-likeness (QED) is 0.613. The largest absolute Gasteiger partial charge is 0.481 e. The molecule has 2 rings (SSSR count). The molecule has 6 nitrogen and oxygen atoms in total. The minimum atomic E-state index is -1.16. The van der Waals surface area contributed by atoms with E-state index in [4.69, 9.17) is 15.9 Å². The van der Waals surface area contributed by atoms with Gasteiger partial charge < -0.3 is 15.9 Å². The van der Waals surface area contributed by atoms with Crippen molar-refractivity contribution in [2.75, 3.05) is 17.2 Å². The van der Waals surface area contributed by atoms with Crippen molar-refractivity contribution in [2.24, 2.45) is 0 Å². The number of benzene rings is 1. The van der Waals surface area contributed by atoms with Crippen molar-refractivity contribution in [3.05, 3.63) is 23.8 Å². The molecular weight excluding hydrogens is 212 g/mol. The van der Waals surface area contributed by atoms with Crippen molar-refractivity contribution in [3.63, 3.8) is 0 Å². The van der Waals surface area contributed by atoms with Gasteiger partial charge in [-0.2, -0.15) is 0 Å². The van der Waals surface area contributed by atoms with Crippen LogP contribution in [0.4, 0.5) is 16.2 Å². The van der Waals surface area contributed by atoms with Gasteiger partial charge in [0.15, 0.2) is 0 Å². The number of nitrogens with two attached hydrogens (primary N) is 1. The maximum Gasteiger partial charge on any atom is 0.411 e. The Morgan fingerprint density at radius 2 is 2.06 bits per heavy atom. The highest BCUT2D eigenvalue weighted by molar-refractivity contribution is 5.94. The summed E-state index contributed by atoms with van der Waals surface area (Å²) in [6.07, 6.45) is -1.16. The molecule has 0 aromatic heterocycles. The van der Waals surface area contributed by atoms with E-state index >= 15 is 0 Å². The van der Waals surface area contributed by atoms with Crippen LogP contribution in [0, 0.1) is 0 Å². The van der Waals surface area contributed by atoms with Gasteiger partial charge in [-0.25, -0.2) is 4.79 Å². The second-order valence-corrected chi connectivity index (χ2v) is 3.60. The molecule has 0 saturated heterocycles. The van der Waals surface area contributed by atoms with Gasteiger partial charge >= 0.3 is 12.1 Å². The Labute approximate surface area is 90.9 Å². The molecule has 1 amide bonds.